The van der Waals surface area contributed by atoms with Gasteiger partial charge >= 0.3 is 6.18 Å². The van der Waals surface area contributed by atoms with E-state index in [0.29, 0.717) is 12.5 Å². The summed E-state index contributed by atoms with van der Waals surface area (Å²) in [5.41, 5.74) is 0.110. The van der Waals surface area contributed by atoms with Gasteiger partial charge in [-0.3, -0.25) is 4.90 Å². The highest BCUT2D eigenvalue weighted by Gasteiger charge is 2.33. The van der Waals surface area contributed by atoms with Crippen LogP contribution in [0.4, 0.5) is 13.2 Å². The zero-order valence-electron chi connectivity index (χ0n) is 12.7. The monoisotopic (exact) mass is 296 g/mol. The highest BCUT2D eigenvalue weighted by molar-refractivity contribution is 4.93. The molecule has 0 aromatic rings. The molecule has 0 aromatic heterocycles. The van der Waals surface area contributed by atoms with Gasteiger partial charge in [-0.15, -0.1) is 0 Å². The van der Waals surface area contributed by atoms with Gasteiger partial charge in [-0.25, -0.2) is 0 Å². The third-order valence-electron chi connectivity index (χ3n) is 4.08. The lowest BCUT2D eigenvalue weighted by Gasteiger charge is -2.46. The molecule has 0 aromatic carbocycles. The molecule has 2 atom stereocenters. The van der Waals surface area contributed by atoms with Gasteiger partial charge in [0, 0.05) is 37.8 Å². The van der Waals surface area contributed by atoms with Gasteiger partial charge in [-0.05, 0) is 26.2 Å². The first-order valence-corrected chi connectivity index (χ1v) is 7.43. The van der Waals surface area contributed by atoms with Crippen LogP contribution in [0, 0.1) is 0 Å². The van der Waals surface area contributed by atoms with Crippen LogP contribution in [0.5, 0.6) is 0 Å². The van der Waals surface area contributed by atoms with Gasteiger partial charge in [-0.2, -0.15) is 13.2 Å². The lowest BCUT2D eigenvalue weighted by molar-refractivity contribution is -0.174. The minimum atomic E-state index is -4.22. The average molecular weight is 296 g/mol. The molecule has 120 valence electrons. The van der Waals surface area contributed by atoms with Crippen molar-refractivity contribution in [3.05, 3.63) is 0 Å². The third kappa shape index (κ3) is 5.97. The van der Waals surface area contributed by atoms with E-state index in [4.69, 9.17) is 0 Å². The van der Waals surface area contributed by atoms with Crippen molar-refractivity contribution in [2.45, 2.75) is 57.8 Å². The van der Waals surface area contributed by atoms with E-state index in [0.717, 1.165) is 32.5 Å². The second-order valence-corrected chi connectivity index (χ2v) is 5.85. The molecule has 0 radical (unpaired) electrons. The van der Waals surface area contributed by atoms with Crippen molar-refractivity contribution in [2.75, 3.05) is 32.8 Å². The minimum Gasteiger partial charge on any atom is -0.372 e. The van der Waals surface area contributed by atoms with Crippen LogP contribution < -0.4 is 5.32 Å². The number of rotatable bonds is 7. The first-order valence-electron chi connectivity index (χ1n) is 7.43. The second kappa shape index (κ2) is 7.61. The van der Waals surface area contributed by atoms with Gasteiger partial charge in [0.25, 0.3) is 0 Å². The maximum Gasteiger partial charge on any atom is 0.411 e. The molecule has 0 aliphatic carbocycles. The minimum absolute atomic E-state index is 0.110. The Balaban J connectivity index is 2.31. The summed E-state index contributed by atoms with van der Waals surface area (Å²) in [6.07, 6.45) is -1.48. The SMILES string of the molecule is CCC1CNC(C)(CC)CN1CCCOCC(F)(F)F. The third-order valence-corrected chi connectivity index (χ3v) is 4.08. The Morgan fingerprint density at radius 1 is 1.35 bits per heavy atom. The molecule has 0 saturated carbocycles. The van der Waals surface area contributed by atoms with Gasteiger partial charge in [-0.1, -0.05) is 13.8 Å². The number of halogens is 3. The lowest BCUT2D eigenvalue weighted by Crippen LogP contribution is -2.62. The number of alkyl halides is 3. The fourth-order valence-corrected chi connectivity index (χ4v) is 2.59. The molecule has 1 rings (SSSR count). The zero-order valence-corrected chi connectivity index (χ0v) is 12.7. The summed E-state index contributed by atoms with van der Waals surface area (Å²) in [5.74, 6) is 0. The maximum atomic E-state index is 12.0. The number of piperazine rings is 1. The van der Waals surface area contributed by atoms with Crippen LogP contribution in [0.15, 0.2) is 0 Å². The zero-order chi connectivity index (χ0) is 15.2. The maximum absolute atomic E-state index is 12.0. The van der Waals surface area contributed by atoms with Crippen molar-refractivity contribution < 1.29 is 17.9 Å². The predicted octanol–water partition coefficient (Wildman–Crippen LogP) is 2.81. The molecule has 1 aliphatic rings. The molecule has 0 spiro atoms. The normalized spacial score (nSPS) is 28.8. The Kier molecular flexibility index (Phi) is 6.75. The van der Waals surface area contributed by atoms with Crippen LogP contribution in [0.3, 0.4) is 0 Å². The topological polar surface area (TPSA) is 24.5 Å². The van der Waals surface area contributed by atoms with Gasteiger partial charge in [0.15, 0.2) is 0 Å². The van der Waals surface area contributed by atoms with Crippen molar-refractivity contribution in [1.82, 2.24) is 10.2 Å². The van der Waals surface area contributed by atoms with Gasteiger partial charge in [0.05, 0.1) is 0 Å². The molecule has 1 aliphatic heterocycles. The van der Waals surface area contributed by atoms with E-state index in [1.807, 2.05) is 0 Å². The highest BCUT2D eigenvalue weighted by Crippen LogP contribution is 2.20. The lowest BCUT2D eigenvalue weighted by atomic mass is 9.92. The van der Waals surface area contributed by atoms with E-state index in [2.05, 4.69) is 35.7 Å². The van der Waals surface area contributed by atoms with E-state index in [1.54, 1.807) is 0 Å². The van der Waals surface area contributed by atoms with Crippen LogP contribution in [-0.4, -0.2) is 55.5 Å². The van der Waals surface area contributed by atoms with E-state index in [9.17, 15) is 13.2 Å². The van der Waals surface area contributed by atoms with E-state index < -0.39 is 12.8 Å². The van der Waals surface area contributed by atoms with E-state index in [-0.39, 0.29) is 12.1 Å². The van der Waals surface area contributed by atoms with Crippen LogP contribution in [0.25, 0.3) is 0 Å². The molecule has 20 heavy (non-hydrogen) atoms. The van der Waals surface area contributed by atoms with Gasteiger partial charge in [0.1, 0.15) is 6.61 Å². The van der Waals surface area contributed by atoms with Crippen LogP contribution in [0.1, 0.15) is 40.0 Å². The Morgan fingerprint density at radius 3 is 2.60 bits per heavy atom. The number of hydrogen-bond donors (Lipinski definition) is 1. The summed E-state index contributed by atoms with van der Waals surface area (Å²) in [6, 6.07) is 0.470. The molecule has 1 saturated heterocycles. The van der Waals surface area contributed by atoms with E-state index in [1.165, 1.54) is 0 Å². The van der Waals surface area contributed by atoms with Crippen molar-refractivity contribution in [3.8, 4) is 0 Å². The molecule has 0 bridgehead atoms. The second-order valence-electron chi connectivity index (χ2n) is 5.85. The summed E-state index contributed by atoms with van der Waals surface area (Å²) in [6.45, 7) is 8.23. The summed E-state index contributed by atoms with van der Waals surface area (Å²) >= 11 is 0. The molecule has 0 amide bonds. The van der Waals surface area contributed by atoms with Crippen LogP contribution in [-0.2, 0) is 4.74 Å². The van der Waals surface area contributed by atoms with E-state index >= 15 is 0 Å². The number of nitrogens with one attached hydrogen (secondary N) is 1. The van der Waals surface area contributed by atoms with Crippen LogP contribution >= 0.6 is 0 Å². The highest BCUT2D eigenvalue weighted by atomic mass is 19.4. The van der Waals surface area contributed by atoms with Crippen molar-refractivity contribution in [1.29, 1.82) is 0 Å². The Morgan fingerprint density at radius 2 is 2.05 bits per heavy atom. The molecule has 3 nitrogen and oxygen atoms in total. The van der Waals surface area contributed by atoms with Crippen molar-refractivity contribution in [2.24, 2.45) is 0 Å². The molecule has 1 heterocycles. The fourth-order valence-electron chi connectivity index (χ4n) is 2.59. The molecular formula is C14H27F3N2O. The molecule has 1 fully saturated rings. The summed E-state index contributed by atoms with van der Waals surface area (Å²) < 4.78 is 40.5. The number of ether oxygens (including phenoxy) is 1. The van der Waals surface area contributed by atoms with Crippen molar-refractivity contribution >= 4 is 0 Å². The largest absolute Gasteiger partial charge is 0.411 e. The summed E-state index contributed by atoms with van der Waals surface area (Å²) in [5, 5.41) is 3.58. The quantitative estimate of drug-likeness (QED) is 0.731. The average Bonchev–Trinajstić information content (AvgIpc) is 2.37. The number of nitrogens with zero attached hydrogens (tertiary/aromatic N) is 1. The van der Waals surface area contributed by atoms with Crippen LogP contribution in [0.2, 0.25) is 0 Å². The first kappa shape index (κ1) is 17.7. The molecule has 1 N–H and O–H groups in total. The predicted molar refractivity (Wildman–Crippen MR) is 73.8 cm³/mol. The smallest absolute Gasteiger partial charge is 0.372 e. The fraction of sp³-hybridized carbons (Fsp3) is 1.00. The molecule has 2 unspecified atom stereocenters. The molecular weight excluding hydrogens is 269 g/mol. The summed E-state index contributed by atoms with van der Waals surface area (Å²) in [7, 11) is 0. The Hall–Kier alpha value is -0.330. The molecule has 6 heteroatoms. The standard InChI is InChI=1S/C14H27F3N2O/c1-4-12-9-18-13(3,5-2)10-19(12)7-6-8-20-11-14(15,16)17/h12,18H,4-11H2,1-3H3. The Bertz CT molecular complexity index is 286. The van der Waals surface area contributed by atoms with Gasteiger partial charge in [0.2, 0.25) is 0 Å². The van der Waals surface area contributed by atoms with Crippen molar-refractivity contribution in [3.63, 3.8) is 0 Å². The summed E-state index contributed by atoms with van der Waals surface area (Å²) in [4.78, 5) is 2.39. The Labute approximate surface area is 119 Å². The first-order chi connectivity index (χ1) is 9.29. The van der Waals surface area contributed by atoms with Gasteiger partial charge < -0.3 is 10.1 Å². The number of hydrogen-bond acceptors (Lipinski definition) is 3.